The summed E-state index contributed by atoms with van der Waals surface area (Å²) in [5.74, 6) is -1.33. The van der Waals surface area contributed by atoms with Crippen molar-refractivity contribution < 1.29 is 28.9 Å². The number of benzene rings is 4. The highest BCUT2D eigenvalue weighted by molar-refractivity contribution is 7.16. The van der Waals surface area contributed by atoms with Crippen LogP contribution in [-0.4, -0.2) is 44.1 Å². The number of fused-ring (bicyclic) bond motifs is 6. The van der Waals surface area contributed by atoms with Gasteiger partial charge in [-0.2, -0.15) is 0 Å². The number of aryl methyl sites for hydroxylation is 2. The molecule has 3 heterocycles. The molecule has 0 unspecified atom stereocenters. The van der Waals surface area contributed by atoms with Crippen LogP contribution < -0.4 is 0 Å². The number of carbonyl (C=O) groups is 4. The second-order valence-electron chi connectivity index (χ2n) is 12.8. The van der Waals surface area contributed by atoms with Gasteiger partial charge in [0.1, 0.15) is 0 Å². The van der Waals surface area contributed by atoms with E-state index < -0.39 is 11.9 Å². The van der Waals surface area contributed by atoms with Crippen LogP contribution in [0.25, 0.3) is 43.6 Å². The van der Waals surface area contributed by atoms with Gasteiger partial charge in [-0.3, -0.25) is 9.59 Å². The zero-order chi connectivity index (χ0) is 37.6. The molecule has 0 aliphatic carbocycles. The Morgan fingerprint density at radius 2 is 0.830 bits per heavy atom. The topological polar surface area (TPSA) is 121 Å². The summed E-state index contributed by atoms with van der Waals surface area (Å²) in [6.45, 7) is 11.8. The third kappa shape index (κ3) is 6.44. The molecule has 7 rings (SSSR count). The zero-order valence-corrected chi connectivity index (χ0v) is 31.0. The highest BCUT2D eigenvalue weighted by atomic mass is 32.1. The molecule has 0 saturated heterocycles. The summed E-state index contributed by atoms with van der Waals surface area (Å²) in [6, 6.07) is 26.7. The smallest absolute Gasteiger partial charge is 0.331 e. The van der Waals surface area contributed by atoms with Gasteiger partial charge in [-0.05, 0) is 112 Å². The molecule has 0 atom stereocenters. The Morgan fingerprint density at radius 1 is 0.509 bits per heavy atom. The van der Waals surface area contributed by atoms with E-state index in [1.807, 2.05) is 72.8 Å². The summed E-state index contributed by atoms with van der Waals surface area (Å²) in [4.78, 5) is 61.1. The van der Waals surface area contributed by atoms with Gasteiger partial charge >= 0.3 is 11.9 Å². The molecule has 0 saturated carbocycles. The number of oxime groups is 2. The van der Waals surface area contributed by atoms with Crippen LogP contribution in [0, 0.1) is 0 Å². The average Bonchev–Trinajstić information content (AvgIpc) is 3.87. The predicted molar refractivity (Wildman–Crippen MR) is 209 cm³/mol. The maximum atomic E-state index is 13.9. The van der Waals surface area contributed by atoms with Crippen molar-refractivity contribution in [3.8, 4) is 0 Å². The number of thiophene rings is 1. The maximum Gasteiger partial charge on any atom is 0.331 e. The van der Waals surface area contributed by atoms with Gasteiger partial charge in [0.25, 0.3) is 0 Å². The van der Waals surface area contributed by atoms with Crippen LogP contribution in [0.1, 0.15) is 83.1 Å². The van der Waals surface area contributed by atoms with E-state index in [4.69, 9.17) is 9.68 Å². The van der Waals surface area contributed by atoms with Crippen molar-refractivity contribution in [1.29, 1.82) is 0 Å². The molecule has 3 aromatic heterocycles. The van der Waals surface area contributed by atoms with Crippen LogP contribution in [-0.2, 0) is 32.4 Å². The molecule has 0 aliphatic rings. The van der Waals surface area contributed by atoms with Gasteiger partial charge < -0.3 is 18.8 Å². The van der Waals surface area contributed by atoms with Crippen LogP contribution in [0.3, 0.4) is 0 Å². The van der Waals surface area contributed by atoms with Crippen molar-refractivity contribution in [2.75, 3.05) is 0 Å². The predicted octanol–water partition coefficient (Wildman–Crippen LogP) is 9.04. The van der Waals surface area contributed by atoms with E-state index in [2.05, 4.69) is 33.3 Å². The molecule has 0 fully saturated rings. The molecular formula is C42H36N4O6S. The normalized spacial score (nSPS) is 12.3. The molecule has 53 heavy (non-hydrogen) atoms. The van der Waals surface area contributed by atoms with E-state index in [1.54, 1.807) is 26.0 Å². The lowest BCUT2D eigenvalue weighted by Crippen LogP contribution is -2.00. The van der Waals surface area contributed by atoms with Crippen molar-refractivity contribution in [3.05, 3.63) is 117 Å². The Labute approximate surface area is 308 Å². The summed E-state index contributed by atoms with van der Waals surface area (Å²) in [7, 11) is 0. The molecule has 7 aromatic rings. The number of nitrogens with zero attached hydrogens (tertiary/aromatic N) is 4. The van der Waals surface area contributed by atoms with Gasteiger partial charge in [-0.15, -0.1) is 11.3 Å². The molecule has 4 aromatic carbocycles. The third-order valence-corrected chi connectivity index (χ3v) is 10.5. The average molecular weight is 725 g/mol. The second-order valence-corrected chi connectivity index (χ2v) is 13.8. The van der Waals surface area contributed by atoms with Crippen molar-refractivity contribution in [3.63, 3.8) is 0 Å². The van der Waals surface area contributed by atoms with Gasteiger partial charge in [0, 0.05) is 81.7 Å². The molecule has 0 radical (unpaired) electrons. The Hall–Kier alpha value is -6.20. The SMILES string of the molecule is CCn1c2ccc(C(=O)c3ccc(C(=O)c4ccc5c(c4)c4cc(/C(C)=N/OC(C)=O)ccc4n5CC)s3)cc2c2cc(/C(C)=N/OC(C)=O)ccc21. The van der Waals surface area contributed by atoms with Crippen molar-refractivity contribution in [2.24, 2.45) is 10.3 Å². The monoisotopic (exact) mass is 724 g/mol. The van der Waals surface area contributed by atoms with E-state index in [0.717, 1.165) is 67.8 Å². The van der Waals surface area contributed by atoms with E-state index in [9.17, 15) is 19.2 Å². The fraction of sp³-hybridized carbons (Fsp3) is 0.190. The Bertz CT molecular complexity index is 2540. The molecule has 0 amide bonds. The largest absolute Gasteiger partial charge is 0.341 e. The number of rotatable bonds is 10. The van der Waals surface area contributed by atoms with Gasteiger partial charge in [0.15, 0.2) is 0 Å². The molecule has 0 N–H and O–H groups in total. The number of aromatic nitrogens is 2. The first kappa shape index (κ1) is 35.2. The molecule has 11 heteroatoms. The molecule has 0 bridgehead atoms. The molecular weight excluding hydrogens is 689 g/mol. The fourth-order valence-corrected chi connectivity index (χ4v) is 7.79. The maximum absolute atomic E-state index is 13.9. The zero-order valence-electron chi connectivity index (χ0n) is 30.1. The van der Waals surface area contributed by atoms with Gasteiger partial charge in [-0.25, -0.2) is 9.59 Å². The summed E-state index contributed by atoms with van der Waals surface area (Å²) in [5, 5.41) is 11.6. The van der Waals surface area contributed by atoms with Crippen LogP contribution in [0.4, 0.5) is 0 Å². The Balaban J connectivity index is 1.22. The van der Waals surface area contributed by atoms with Crippen LogP contribution in [0.5, 0.6) is 0 Å². The lowest BCUT2D eigenvalue weighted by molar-refractivity contribution is -0.141. The van der Waals surface area contributed by atoms with E-state index in [0.29, 0.717) is 32.3 Å². The van der Waals surface area contributed by atoms with Crippen LogP contribution >= 0.6 is 11.3 Å². The van der Waals surface area contributed by atoms with Gasteiger partial charge in [-0.1, -0.05) is 22.4 Å². The summed E-state index contributed by atoms with van der Waals surface area (Å²) >= 11 is 1.18. The van der Waals surface area contributed by atoms with Crippen LogP contribution in [0.15, 0.2) is 95.2 Å². The minimum atomic E-state index is -0.495. The van der Waals surface area contributed by atoms with Crippen molar-refractivity contribution >= 4 is 89.9 Å². The number of carbonyl (C=O) groups excluding carboxylic acids is 4. The minimum Gasteiger partial charge on any atom is -0.341 e. The Kier molecular flexibility index (Phi) is 9.35. The Morgan fingerprint density at radius 3 is 1.15 bits per heavy atom. The summed E-state index contributed by atoms with van der Waals surface area (Å²) < 4.78 is 4.38. The minimum absolute atomic E-state index is 0.170. The summed E-state index contributed by atoms with van der Waals surface area (Å²) in [6.07, 6.45) is 0. The number of ketones is 2. The van der Waals surface area contributed by atoms with E-state index >= 15 is 0 Å². The summed E-state index contributed by atoms with van der Waals surface area (Å²) in [5.41, 5.74) is 7.76. The first-order valence-electron chi connectivity index (χ1n) is 17.2. The lowest BCUT2D eigenvalue weighted by Gasteiger charge is -2.04. The first-order valence-corrected chi connectivity index (χ1v) is 18.1. The first-order chi connectivity index (χ1) is 25.5. The third-order valence-electron chi connectivity index (χ3n) is 9.40. The molecule has 0 aliphatic heterocycles. The highest BCUT2D eigenvalue weighted by Gasteiger charge is 2.21. The van der Waals surface area contributed by atoms with Gasteiger partial charge in [0.2, 0.25) is 11.6 Å². The standard InChI is InChI=1S/C42H36N4O6S/c1-7-45-35-13-9-27(23(3)43-51-25(5)47)19-31(35)33-21-29(11-15-37(33)45)41(49)39-17-18-40(53-39)42(50)30-12-16-38-34(22-30)32-20-28(24(4)44-52-26(6)48)10-14-36(32)46(38)8-2/h9-22H,7-8H2,1-6H3/b43-23+,44-24+. The van der Waals surface area contributed by atoms with Crippen molar-refractivity contribution in [2.45, 2.75) is 54.6 Å². The fourth-order valence-electron chi connectivity index (χ4n) is 6.86. The van der Waals surface area contributed by atoms with Crippen LogP contribution in [0.2, 0.25) is 0 Å². The quantitative estimate of drug-likeness (QED) is 0.0601. The lowest BCUT2D eigenvalue weighted by atomic mass is 10.0. The van der Waals surface area contributed by atoms with E-state index in [-0.39, 0.29) is 11.6 Å². The molecule has 0 spiro atoms. The number of hydrogen-bond acceptors (Lipinski definition) is 9. The molecule has 10 nitrogen and oxygen atoms in total. The second kappa shape index (κ2) is 14.1. The highest BCUT2D eigenvalue weighted by Crippen LogP contribution is 2.34. The van der Waals surface area contributed by atoms with Crippen molar-refractivity contribution in [1.82, 2.24) is 9.13 Å². The molecule has 266 valence electrons. The number of hydrogen-bond donors (Lipinski definition) is 0. The van der Waals surface area contributed by atoms with Gasteiger partial charge in [0.05, 0.1) is 21.2 Å². The van der Waals surface area contributed by atoms with E-state index in [1.165, 1.54) is 25.2 Å².